The average molecular weight is 385 g/mol. The first-order valence-electron chi connectivity index (χ1n) is 10.8. The number of piperidine rings is 1. The molecule has 152 valence electrons. The van der Waals surface area contributed by atoms with E-state index in [1.807, 2.05) is 24.0 Å². The molecule has 0 aromatic heterocycles. The van der Waals surface area contributed by atoms with Crippen molar-refractivity contribution in [2.75, 3.05) is 19.6 Å². The van der Waals surface area contributed by atoms with Gasteiger partial charge in [0, 0.05) is 44.0 Å². The molecule has 2 aliphatic rings. The topological polar surface area (TPSA) is 66.5 Å². The Morgan fingerprint density at radius 2 is 1.75 bits per heavy atom. The third-order valence-electron chi connectivity index (χ3n) is 6.00. The van der Waals surface area contributed by atoms with Crippen molar-refractivity contribution in [3.63, 3.8) is 0 Å². The maximum atomic E-state index is 12.5. The van der Waals surface area contributed by atoms with E-state index < -0.39 is 0 Å². The molecule has 2 amide bonds. The minimum absolute atomic E-state index is 0.00715. The number of Topliss-reactive ketones (excluding diaryl/α,β-unsaturated/α-hetero) is 1. The summed E-state index contributed by atoms with van der Waals surface area (Å²) in [7, 11) is 0. The lowest BCUT2D eigenvalue weighted by Crippen LogP contribution is -2.43. The molecule has 5 nitrogen and oxygen atoms in total. The van der Waals surface area contributed by atoms with Crippen LogP contribution in [0.25, 0.3) is 0 Å². The zero-order valence-electron chi connectivity index (χ0n) is 17.0. The number of amides is 2. The molecule has 1 aromatic rings. The zero-order valence-corrected chi connectivity index (χ0v) is 17.0. The number of fused-ring (bicyclic) bond motifs is 1. The summed E-state index contributed by atoms with van der Waals surface area (Å²) in [6.07, 6.45) is 7.44. The normalized spacial score (nSPS) is 17.1. The highest BCUT2D eigenvalue weighted by Gasteiger charge is 2.27. The second-order valence-corrected chi connectivity index (χ2v) is 8.06. The van der Waals surface area contributed by atoms with E-state index in [0.29, 0.717) is 32.5 Å². The summed E-state index contributed by atoms with van der Waals surface area (Å²) in [4.78, 5) is 38.9. The molecule has 1 aliphatic carbocycles. The Labute approximate surface area is 167 Å². The number of ketones is 1. The summed E-state index contributed by atoms with van der Waals surface area (Å²) in [5.41, 5.74) is 3.40. The van der Waals surface area contributed by atoms with Gasteiger partial charge in [0.1, 0.15) is 0 Å². The van der Waals surface area contributed by atoms with Crippen LogP contribution in [0.15, 0.2) is 18.2 Å². The summed E-state index contributed by atoms with van der Waals surface area (Å²) < 4.78 is 0. The Morgan fingerprint density at radius 3 is 2.46 bits per heavy atom. The highest BCUT2D eigenvalue weighted by Crippen LogP contribution is 2.23. The van der Waals surface area contributed by atoms with Gasteiger partial charge in [-0.25, -0.2) is 0 Å². The monoisotopic (exact) mass is 384 g/mol. The molecule has 5 heteroatoms. The van der Waals surface area contributed by atoms with Crippen molar-refractivity contribution >= 4 is 17.6 Å². The highest BCUT2D eigenvalue weighted by molar-refractivity contribution is 5.98. The number of nitrogens with one attached hydrogen (secondary N) is 1. The second kappa shape index (κ2) is 9.85. The molecule has 1 aromatic carbocycles. The summed E-state index contributed by atoms with van der Waals surface area (Å²) in [6, 6.07) is 6.02. The van der Waals surface area contributed by atoms with Crippen LogP contribution in [0.2, 0.25) is 0 Å². The number of aryl methyl sites for hydroxylation is 2. The maximum Gasteiger partial charge on any atom is 0.223 e. The Morgan fingerprint density at radius 1 is 1.04 bits per heavy atom. The Bertz CT molecular complexity index is 721. The molecule has 28 heavy (non-hydrogen) atoms. The van der Waals surface area contributed by atoms with Gasteiger partial charge < -0.3 is 10.2 Å². The first-order chi connectivity index (χ1) is 13.6. The third-order valence-corrected chi connectivity index (χ3v) is 6.00. The van der Waals surface area contributed by atoms with E-state index in [2.05, 4.69) is 11.4 Å². The van der Waals surface area contributed by atoms with Gasteiger partial charge >= 0.3 is 0 Å². The van der Waals surface area contributed by atoms with Crippen molar-refractivity contribution in [3.05, 3.63) is 34.9 Å². The lowest BCUT2D eigenvalue weighted by Gasteiger charge is -2.31. The van der Waals surface area contributed by atoms with Crippen molar-refractivity contribution < 1.29 is 14.4 Å². The minimum atomic E-state index is 0.00715. The summed E-state index contributed by atoms with van der Waals surface area (Å²) in [5.74, 6) is 0.193. The van der Waals surface area contributed by atoms with Gasteiger partial charge in [0.15, 0.2) is 5.78 Å². The fourth-order valence-electron chi connectivity index (χ4n) is 4.21. The van der Waals surface area contributed by atoms with E-state index in [0.717, 1.165) is 24.8 Å². The van der Waals surface area contributed by atoms with Crippen LogP contribution in [-0.2, 0) is 22.4 Å². The molecule has 1 aliphatic heterocycles. The molecule has 1 fully saturated rings. The molecule has 1 saturated heterocycles. The zero-order chi connectivity index (χ0) is 19.9. The van der Waals surface area contributed by atoms with Gasteiger partial charge in [-0.2, -0.15) is 0 Å². The van der Waals surface area contributed by atoms with E-state index in [1.165, 1.54) is 24.0 Å². The van der Waals surface area contributed by atoms with Gasteiger partial charge in [-0.1, -0.05) is 19.1 Å². The van der Waals surface area contributed by atoms with Crippen molar-refractivity contribution in [2.45, 2.75) is 64.7 Å². The van der Waals surface area contributed by atoms with E-state index in [1.54, 1.807) is 0 Å². The molecule has 0 bridgehead atoms. The van der Waals surface area contributed by atoms with Gasteiger partial charge in [-0.15, -0.1) is 0 Å². The summed E-state index contributed by atoms with van der Waals surface area (Å²) in [5, 5.41) is 2.94. The fourth-order valence-corrected chi connectivity index (χ4v) is 4.21. The van der Waals surface area contributed by atoms with E-state index in [-0.39, 0.29) is 36.4 Å². The third kappa shape index (κ3) is 5.21. The number of hydrogen-bond donors (Lipinski definition) is 1. The number of carbonyl (C=O) groups is 3. The van der Waals surface area contributed by atoms with Crippen LogP contribution in [0.4, 0.5) is 0 Å². The summed E-state index contributed by atoms with van der Waals surface area (Å²) in [6.45, 7) is 3.96. The van der Waals surface area contributed by atoms with Crippen LogP contribution in [0.1, 0.15) is 73.4 Å². The lowest BCUT2D eigenvalue weighted by molar-refractivity contribution is -0.135. The van der Waals surface area contributed by atoms with E-state index in [9.17, 15) is 14.4 Å². The fraction of sp³-hybridized carbons (Fsp3) is 0.609. The molecular formula is C23H32N2O3. The molecule has 0 radical (unpaired) electrons. The highest BCUT2D eigenvalue weighted by atomic mass is 16.2. The number of benzene rings is 1. The number of likely N-dealkylation sites (tertiary alicyclic amines) is 1. The van der Waals surface area contributed by atoms with E-state index >= 15 is 0 Å². The number of nitrogens with zero attached hydrogens (tertiary/aromatic N) is 1. The van der Waals surface area contributed by atoms with Crippen LogP contribution < -0.4 is 5.32 Å². The molecule has 0 atom stereocenters. The SMILES string of the molecule is CCCNC(=O)C1CCN(C(=O)CCC(=O)c2ccc3c(c2)CCCC3)CC1. The minimum Gasteiger partial charge on any atom is -0.356 e. The van der Waals surface area contributed by atoms with Gasteiger partial charge in [-0.05, 0) is 62.1 Å². The van der Waals surface area contributed by atoms with Crippen molar-refractivity contribution in [1.29, 1.82) is 0 Å². The first kappa shape index (κ1) is 20.6. The quantitative estimate of drug-likeness (QED) is 0.734. The van der Waals surface area contributed by atoms with Crippen LogP contribution >= 0.6 is 0 Å². The van der Waals surface area contributed by atoms with Crippen LogP contribution in [0.5, 0.6) is 0 Å². The molecule has 3 rings (SSSR count). The maximum absolute atomic E-state index is 12.5. The second-order valence-electron chi connectivity index (χ2n) is 8.06. The average Bonchev–Trinajstić information content (AvgIpc) is 2.75. The van der Waals surface area contributed by atoms with Crippen molar-refractivity contribution in [3.8, 4) is 0 Å². The summed E-state index contributed by atoms with van der Waals surface area (Å²) >= 11 is 0. The smallest absolute Gasteiger partial charge is 0.223 e. The number of rotatable bonds is 7. The van der Waals surface area contributed by atoms with Gasteiger partial charge in [0.25, 0.3) is 0 Å². The van der Waals surface area contributed by atoms with Gasteiger partial charge in [0.2, 0.25) is 11.8 Å². The standard InChI is InChI=1S/C23H32N2O3/c1-2-13-24-23(28)18-11-14-25(15-12-18)22(27)10-9-21(26)20-8-7-17-5-3-4-6-19(17)16-20/h7-8,16,18H,2-6,9-15H2,1H3,(H,24,28). The number of hydrogen-bond acceptors (Lipinski definition) is 3. The molecule has 0 unspecified atom stereocenters. The Kier molecular flexibility index (Phi) is 7.24. The first-order valence-corrected chi connectivity index (χ1v) is 10.8. The molecule has 0 spiro atoms. The predicted octanol–water partition coefficient (Wildman–Crippen LogP) is 3.29. The van der Waals surface area contributed by atoms with E-state index in [4.69, 9.17) is 0 Å². The Balaban J connectivity index is 1.44. The van der Waals surface area contributed by atoms with Crippen molar-refractivity contribution in [1.82, 2.24) is 10.2 Å². The lowest BCUT2D eigenvalue weighted by atomic mass is 9.89. The number of carbonyl (C=O) groups excluding carboxylic acids is 3. The molecule has 1 heterocycles. The van der Waals surface area contributed by atoms with Crippen LogP contribution in [-0.4, -0.2) is 42.1 Å². The molecule has 0 saturated carbocycles. The largest absolute Gasteiger partial charge is 0.356 e. The van der Waals surface area contributed by atoms with Crippen LogP contribution in [0, 0.1) is 5.92 Å². The molecular weight excluding hydrogens is 352 g/mol. The van der Waals surface area contributed by atoms with Crippen LogP contribution in [0.3, 0.4) is 0 Å². The van der Waals surface area contributed by atoms with Gasteiger partial charge in [0.05, 0.1) is 0 Å². The molecule has 1 N–H and O–H groups in total. The predicted molar refractivity (Wildman–Crippen MR) is 109 cm³/mol. The van der Waals surface area contributed by atoms with Gasteiger partial charge in [-0.3, -0.25) is 14.4 Å². The van der Waals surface area contributed by atoms with Crippen molar-refractivity contribution in [2.24, 2.45) is 5.92 Å². The Hall–Kier alpha value is -2.17.